The number of methoxy groups -OCH3 is 1. The average molecular weight is 393 g/mol. The highest BCUT2D eigenvalue weighted by atomic mass is 32.1. The normalized spacial score (nSPS) is 11.3. The second kappa shape index (κ2) is 7.79. The van der Waals surface area contributed by atoms with E-state index in [1.165, 1.54) is 30.6 Å². The van der Waals surface area contributed by atoms with Crippen LogP contribution >= 0.6 is 11.3 Å². The molecule has 0 N–H and O–H groups in total. The fourth-order valence-corrected chi connectivity index (χ4v) is 3.00. The van der Waals surface area contributed by atoms with Crippen molar-refractivity contribution in [1.82, 2.24) is 4.98 Å². The third-order valence-electron chi connectivity index (χ3n) is 3.70. The van der Waals surface area contributed by atoms with E-state index in [0.717, 1.165) is 23.4 Å². The van der Waals surface area contributed by atoms with Crippen LogP contribution in [0.15, 0.2) is 53.9 Å². The van der Waals surface area contributed by atoms with Crippen LogP contribution in [0, 0.1) is 0 Å². The molecule has 0 radical (unpaired) electrons. The van der Waals surface area contributed by atoms with E-state index in [2.05, 4.69) is 9.72 Å². The van der Waals surface area contributed by atoms with Gasteiger partial charge in [-0.15, -0.1) is 11.3 Å². The van der Waals surface area contributed by atoms with Gasteiger partial charge in [0.2, 0.25) is 0 Å². The number of hydrogen-bond donors (Lipinski definition) is 0. The summed E-state index contributed by atoms with van der Waals surface area (Å²) in [5, 5.41) is 2.53. The Morgan fingerprint density at radius 1 is 1.07 bits per heavy atom. The summed E-state index contributed by atoms with van der Waals surface area (Å²) in [6, 6.07) is 11.4. The summed E-state index contributed by atoms with van der Waals surface area (Å²) in [6.45, 7) is 0.149. The molecule has 0 fully saturated rings. The number of benzene rings is 2. The number of nitrogens with zero attached hydrogens (tertiary/aromatic N) is 1. The van der Waals surface area contributed by atoms with Crippen molar-refractivity contribution in [3.05, 3.63) is 70.0 Å². The van der Waals surface area contributed by atoms with Crippen LogP contribution in [0.25, 0.3) is 11.3 Å². The molecule has 1 heterocycles. The molecular weight excluding hydrogens is 379 g/mol. The van der Waals surface area contributed by atoms with Crippen molar-refractivity contribution in [2.75, 3.05) is 7.11 Å². The fourth-order valence-electron chi connectivity index (χ4n) is 2.29. The van der Waals surface area contributed by atoms with Crippen molar-refractivity contribution < 1.29 is 27.4 Å². The number of alkyl halides is 3. The Balaban J connectivity index is 1.63. The second-order valence-electron chi connectivity index (χ2n) is 5.51. The van der Waals surface area contributed by atoms with E-state index in [1.54, 1.807) is 24.3 Å². The molecule has 8 heteroatoms. The first-order valence-corrected chi connectivity index (χ1v) is 8.68. The molecule has 4 nitrogen and oxygen atoms in total. The Kier molecular flexibility index (Phi) is 5.46. The van der Waals surface area contributed by atoms with Gasteiger partial charge in [-0.05, 0) is 36.4 Å². The summed E-state index contributed by atoms with van der Waals surface area (Å²) in [6.07, 6.45) is -4.37. The molecule has 0 bridgehead atoms. The summed E-state index contributed by atoms with van der Waals surface area (Å²) in [5.74, 6) is -0.0763. The highest BCUT2D eigenvalue weighted by Crippen LogP contribution is 2.30. The van der Waals surface area contributed by atoms with Gasteiger partial charge in [0.05, 0.1) is 23.9 Å². The lowest BCUT2D eigenvalue weighted by Gasteiger charge is -2.08. The zero-order valence-electron chi connectivity index (χ0n) is 14.1. The van der Waals surface area contributed by atoms with Crippen molar-refractivity contribution in [3.63, 3.8) is 0 Å². The average Bonchev–Trinajstić information content (AvgIpc) is 3.14. The van der Waals surface area contributed by atoms with Gasteiger partial charge < -0.3 is 9.47 Å². The fraction of sp³-hybridized carbons (Fsp3) is 0.158. The van der Waals surface area contributed by atoms with Gasteiger partial charge in [0.25, 0.3) is 0 Å². The van der Waals surface area contributed by atoms with Crippen molar-refractivity contribution in [1.29, 1.82) is 0 Å². The van der Waals surface area contributed by atoms with Gasteiger partial charge in [-0.3, -0.25) is 0 Å². The molecular formula is C19H14F3NO3S. The Morgan fingerprint density at radius 3 is 2.33 bits per heavy atom. The molecule has 0 saturated carbocycles. The van der Waals surface area contributed by atoms with Crippen molar-refractivity contribution >= 4 is 17.3 Å². The molecule has 0 spiro atoms. The van der Waals surface area contributed by atoms with Gasteiger partial charge in [-0.2, -0.15) is 13.2 Å². The van der Waals surface area contributed by atoms with Crippen LogP contribution in [0.1, 0.15) is 20.9 Å². The SMILES string of the molecule is COC(=O)c1ccc(-c2csc(COc3ccc(C(F)(F)F)cc3)n2)cc1. The molecule has 0 aliphatic heterocycles. The molecule has 2 aromatic carbocycles. The summed E-state index contributed by atoms with van der Waals surface area (Å²) in [5.41, 5.74) is 1.28. The molecule has 27 heavy (non-hydrogen) atoms. The van der Waals surface area contributed by atoms with Crippen LogP contribution in [0.4, 0.5) is 13.2 Å². The van der Waals surface area contributed by atoms with Crippen LogP contribution in [0.5, 0.6) is 5.75 Å². The Labute approximate surface area is 157 Å². The number of ether oxygens (including phenoxy) is 2. The monoisotopic (exact) mass is 393 g/mol. The zero-order valence-corrected chi connectivity index (χ0v) is 14.9. The van der Waals surface area contributed by atoms with Crippen molar-refractivity contribution in [2.24, 2.45) is 0 Å². The Hall–Kier alpha value is -2.87. The first-order chi connectivity index (χ1) is 12.9. The van der Waals surface area contributed by atoms with Gasteiger partial charge in [-0.25, -0.2) is 9.78 Å². The quantitative estimate of drug-likeness (QED) is 0.560. The zero-order chi connectivity index (χ0) is 19.4. The standard InChI is InChI=1S/C19H14F3NO3S/c1-25-18(24)13-4-2-12(3-5-13)16-11-27-17(23-16)10-26-15-8-6-14(7-9-15)19(20,21)22/h2-9,11H,10H2,1H3. The minimum atomic E-state index is -4.37. The lowest BCUT2D eigenvalue weighted by atomic mass is 10.1. The number of esters is 1. The van der Waals surface area contributed by atoms with Crippen LogP contribution < -0.4 is 4.74 Å². The first-order valence-electron chi connectivity index (χ1n) is 7.80. The largest absolute Gasteiger partial charge is 0.486 e. The first kappa shape index (κ1) is 18.9. The third-order valence-corrected chi connectivity index (χ3v) is 4.52. The maximum absolute atomic E-state index is 12.5. The summed E-state index contributed by atoms with van der Waals surface area (Å²) < 4.78 is 47.8. The second-order valence-corrected chi connectivity index (χ2v) is 6.45. The summed E-state index contributed by atoms with van der Waals surface area (Å²) >= 11 is 1.38. The van der Waals surface area contributed by atoms with E-state index >= 15 is 0 Å². The van der Waals surface area contributed by atoms with Gasteiger partial charge in [-0.1, -0.05) is 12.1 Å². The number of thiazole rings is 1. The number of aromatic nitrogens is 1. The van der Waals surface area contributed by atoms with Crippen LogP contribution in [-0.4, -0.2) is 18.1 Å². The molecule has 3 rings (SSSR count). The molecule has 0 saturated heterocycles. The Morgan fingerprint density at radius 2 is 1.74 bits per heavy atom. The lowest BCUT2D eigenvalue weighted by Crippen LogP contribution is -2.04. The minimum Gasteiger partial charge on any atom is -0.486 e. The van der Waals surface area contributed by atoms with Crippen molar-refractivity contribution in [3.8, 4) is 17.0 Å². The maximum atomic E-state index is 12.5. The van der Waals surface area contributed by atoms with Crippen LogP contribution in [0.3, 0.4) is 0 Å². The molecule has 0 atom stereocenters. The minimum absolute atomic E-state index is 0.149. The molecule has 0 aliphatic rings. The van der Waals surface area contributed by atoms with E-state index in [0.29, 0.717) is 16.3 Å². The Bertz CT molecular complexity index is 919. The summed E-state index contributed by atoms with van der Waals surface area (Å²) in [7, 11) is 1.32. The smallest absolute Gasteiger partial charge is 0.416 e. The van der Waals surface area contributed by atoms with E-state index in [1.807, 2.05) is 5.38 Å². The molecule has 0 aliphatic carbocycles. The van der Waals surface area contributed by atoms with Crippen molar-refractivity contribution in [2.45, 2.75) is 12.8 Å². The number of hydrogen-bond acceptors (Lipinski definition) is 5. The molecule has 3 aromatic rings. The van der Waals surface area contributed by atoms with Gasteiger partial charge in [0.1, 0.15) is 17.4 Å². The number of carbonyl (C=O) groups is 1. The summed E-state index contributed by atoms with van der Waals surface area (Å²) in [4.78, 5) is 15.9. The third kappa shape index (κ3) is 4.65. The predicted molar refractivity (Wildman–Crippen MR) is 94.7 cm³/mol. The van der Waals surface area contributed by atoms with Crippen LogP contribution in [0.2, 0.25) is 0 Å². The topological polar surface area (TPSA) is 48.4 Å². The predicted octanol–water partition coefficient (Wildman–Crippen LogP) is 5.19. The highest BCUT2D eigenvalue weighted by molar-refractivity contribution is 7.09. The van der Waals surface area contributed by atoms with Crippen LogP contribution in [-0.2, 0) is 17.5 Å². The lowest BCUT2D eigenvalue weighted by molar-refractivity contribution is -0.137. The van der Waals surface area contributed by atoms with E-state index < -0.39 is 17.7 Å². The number of rotatable bonds is 5. The van der Waals surface area contributed by atoms with Gasteiger partial charge in [0, 0.05) is 10.9 Å². The maximum Gasteiger partial charge on any atom is 0.416 e. The molecule has 0 unspecified atom stereocenters. The van der Waals surface area contributed by atoms with E-state index in [4.69, 9.17) is 4.74 Å². The molecule has 140 valence electrons. The molecule has 0 amide bonds. The molecule has 1 aromatic heterocycles. The van der Waals surface area contributed by atoms with Gasteiger partial charge >= 0.3 is 12.1 Å². The van der Waals surface area contributed by atoms with Gasteiger partial charge in [0.15, 0.2) is 0 Å². The van der Waals surface area contributed by atoms with E-state index in [9.17, 15) is 18.0 Å². The van der Waals surface area contributed by atoms with E-state index in [-0.39, 0.29) is 6.61 Å². The number of carbonyl (C=O) groups excluding carboxylic acids is 1. The number of halogens is 3. The highest BCUT2D eigenvalue weighted by Gasteiger charge is 2.30.